The Morgan fingerprint density at radius 3 is 2.00 bits per heavy atom. The molecule has 0 aromatic carbocycles. The van der Waals surface area contributed by atoms with E-state index in [2.05, 4.69) is 5.32 Å². The predicted molar refractivity (Wildman–Crippen MR) is 74.9 cm³/mol. The molecule has 1 aliphatic heterocycles. The number of hydrogen-bond acceptors (Lipinski definition) is 5. The highest BCUT2D eigenvalue weighted by Crippen LogP contribution is 2.11. The molecule has 0 aliphatic carbocycles. The van der Waals surface area contributed by atoms with Crippen LogP contribution >= 0.6 is 0 Å². The highest BCUT2D eigenvalue weighted by Gasteiger charge is 2.29. The molecule has 0 aromatic rings. The molecule has 1 heterocycles. The summed E-state index contributed by atoms with van der Waals surface area (Å²) in [5.41, 5.74) is 0. The van der Waals surface area contributed by atoms with Crippen LogP contribution in [0, 0.1) is 0 Å². The first-order valence-electron chi connectivity index (χ1n) is 6.41. The third-order valence-corrected chi connectivity index (χ3v) is 6.33. The van der Waals surface area contributed by atoms with E-state index < -0.39 is 20.0 Å². The van der Waals surface area contributed by atoms with Crippen LogP contribution in [-0.2, 0) is 20.0 Å². The smallest absolute Gasteiger partial charge is 0.214 e. The summed E-state index contributed by atoms with van der Waals surface area (Å²) >= 11 is 0. The Kier molecular flexibility index (Phi) is 6.18. The van der Waals surface area contributed by atoms with Gasteiger partial charge >= 0.3 is 0 Å². The lowest BCUT2D eigenvalue weighted by Gasteiger charge is -2.32. The molecule has 114 valence electrons. The zero-order valence-corrected chi connectivity index (χ0v) is 13.1. The fraction of sp³-hybridized carbons (Fsp3) is 1.00. The van der Waals surface area contributed by atoms with Gasteiger partial charge in [-0.25, -0.2) is 16.8 Å². The maximum absolute atomic E-state index is 12.0. The van der Waals surface area contributed by atoms with Gasteiger partial charge in [-0.1, -0.05) is 6.92 Å². The normalized spacial score (nSPS) is 19.7. The fourth-order valence-electron chi connectivity index (χ4n) is 1.97. The summed E-state index contributed by atoms with van der Waals surface area (Å²) in [6.07, 6.45) is 1.72. The maximum Gasteiger partial charge on any atom is 0.214 e. The Balaban J connectivity index is 2.45. The fourth-order valence-corrected chi connectivity index (χ4v) is 4.28. The molecule has 1 aliphatic rings. The first-order chi connectivity index (χ1) is 8.77. The van der Waals surface area contributed by atoms with Gasteiger partial charge in [0.25, 0.3) is 0 Å². The summed E-state index contributed by atoms with van der Waals surface area (Å²) in [6.45, 7) is 4.45. The number of rotatable bonds is 7. The Labute approximate surface area is 116 Å². The van der Waals surface area contributed by atoms with Gasteiger partial charge in [0.2, 0.25) is 20.0 Å². The Bertz CT molecular complexity index is 467. The minimum absolute atomic E-state index is 0.110. The molecule has 0 saturated carbocycles. The summed E-state index contributed by atoms with van der Waals surface area (Å²) in [5.74, 6) is 0.110. The minimum atomic E-state index is -3.26. The molecule has 0 atom stereocenters. The second kappa shape index (κ2) is 6.98. The first-order valence-corrected chi connectivity index (χ1v) is 9.87. The van der Waals surface area contributed by atoms with Crippen molar-refractivity contribution in [2.24, 2.45) is 0 Å². The van der Waals surface area contributed by atoms with Gasteiger partial charge in [0.05, 0.1) is 12.0 Å². The van der Waals surface area contributed by atoms with Crippen LogP contribution in [0.5, 0.6) is 0 Å². The van der Waals surface area contributed by atoms with Crippen molar-refractivity contribution in [3.63, 3.8) is 0 Å². The van der Waals surface area contributed by atoms with E-state index in [0.717, 1.165) is 12.8 Å². The molecular formula is C10H23N3O4S2. The third-order valence-electron chi connectivity index (χ3n) is 3.07. The van der Waals surface area contributed by atoms with Crippen molar-refractivity contribution in [1.29, 1.82) is 0 Å². The Hall–Kier alpha value is -0.220. The highest BCUT2D eigenvalue weighted by molar-refractivity contribution is 7.89. The molecule has 1 rings (SSSR count). The van der Waals surface area contributed by atoms with E-state index in [1.54, 1.807) is 0 Å². The van der Waals surface area contributed by atoms with Crippen LogP contribution in [0.3, 0.4) is 0 Å². The minimum Gasteiger partial charge on any atom is -0.317 e. The zero-order valence-electron chi connectivity index (χ0n) is 11.5. The molecular weight excluding hydrogens is 290 g/mol. The van der Waals surface area contributed by atoms with Crippen molar-refractivity contribution in [3.05, 3.63) is 0 Å². The topological polar surface area (TPSA) is 86.8 Å². The SMILES string of the molecule is CCNCCCS(=O)(=O)N1CCN(S(C)(=O)=O)CC1. The molecule has 1 N–H and O–H groups in total. The quantitative estimate of drug-likeness (QED) is 0.603. The zero-order chi connectivity index (χ0) is 14.5. The molecule has 1 fully saturated rings. The van der Waals surface area contributed by atoms with Gasteiger partial charge in [-0.2, -0.15) is 8.61 Å². The second-order valence-corrected chi connectivity index (χ2v) is 8.66. The third kappa shape index (κ3) is 5.35. The average Bonchev–Trinajstić information content (AvgIpc) is 2.34. The maximum atomic E-state index is 12.0. The monoisotopic (exact) mass is 313 g/mol. The van der Waals surface area contributed by atoms with Crippen molar-refractivity contribution < 1.29 is 16.8 Å². The summed E-state index contributed by atoms with van der Waals surface area (Å²) < 4.78 is 49.4. The Morgan fingerprint density at radius 2 is 1.53 bits per heavy atom. The molecule has 7 nitrogen and oxygen atoms in total. The molecule has 19 heavy (non-hydrogen) atoms. The molecule has 0 spiro atoms. The van der Waals surface area contributed by atoms with Crippen LogP contribution in [0.1, 0.15) is 13.3 Å². The van der Waals surface area contributed by atoms with Crippen molar-refractivity contribution in [3.8, 4) is 0 Å². The van der Waals surface area contributed by atoms with E-state index in [9.17, 15) is 16.8 Å². The average molecular weight is 313 g/mol. The van der Waals surface area contributed by atoms with Crippen molar-refractivity contribution in [2.75, 3.05) is 51.3 Å². The summed E-state index contributed by atoms with van der Waals surface area (Å²) in [7, 11) is -6.48. The second-order valence-electron chi connectivity index (χ2n) is 4.58. The molecule has 0 amide bonds. The van der Waals surface area contributed by atoms with Crippen LogP contribution in [-0.4, -0.2) is 76.7 Å². The van der Waals surface area contributed by atoms with Gasteiger partial charge < -0.3 is 5.32 Å². The molecule has 0 radical (unpaired) electrons. The van der Waals surface area contributed by atoms with Crippen molar-refractivity contribution in [1.82, 2.24) is 13.9 Å². The number of sulfonamides is 2. The number of hydrogen-bond donors (Lipinski definition) is 1. The molecule has 0 bridgehead atoms. The van der Waals surface area contributed by atoms with E-state index >= 15 is 0 Å². The summed E-state index contributed by atoms with van der Waals surface area (Å²) in [6, 6.07) is 0. The molecule has 1 saturated heterocycles. The van der Waals surface area contributed by atoms with E-state index in [0.29, 0.717) is 13.0 Å². The first kappa shape index (κ1) is 16.8. The van der Waals surface area contributed by atoms with Gasteiger partial charge in [-0.05, 0) is 19.5 Å². The van der Waals surface area contributed by atoms with E-state index in [1.807, 2.05) is 6.92 Å². The molecule has 0 unspecified atom stereocenters. The summed E-state index contributed by atoms with van der Waals surface area (Å²) in [5, 5.41) is 3.08. The number of nitrogens with zero attached hydrogens (tertiary/aromatic N) is 2. The van der Waals surface area contributed by atoms with Crippen LogP contribution in [0.25, 0.3) is 0 Å². The molecule has 0 aromatic heterocycles. The van der Waals surface area contributed by atoms with Gasteiger partial charge in [-0.15, -0.1) is 0 Å². The highest BCUT2D eigenvalue weighted by atomic mass is 32.2. The lowest BCUT2D eigenvalue weighted by atomic mass is 10.4. The standard InChI is InChI=1S/C10H23N3O4S2/c1-3-11-5-4-10-19(16,17)13-8-6-12(7-9-13)18(2,14)15/h11H,3-10H2,1-2H3. The van der Waals surface area contributed by atoms with Crippen LogP contribution in [0.2, 0.25) is 0 Å². The van der Waals surface area contributed by atoms with Crippen molar-refractivity contribution in [2.45, 2.75) is 13.3 Å². The molecule has 9 heteroatoms. The van der Waals surface area contributed by atoms with Crippen molar-refractivity contribution >= 4 is 20.0 Å². The van der Waals surface area contributed by atoms with E-state index in [4.69, 9.17) is 0 Å². The lowest BCUT2D eigenvalue weighted by Crippen LogP contribution is -2.50. The van der Waals surface area contributed by atoms with Gasteiger partial charge in [0.15, 0.2) is 0 Å². The number of piperazine rings is 1. The summed E-state index contributed by atoms with van der Waals surface area (Å²) in [4.78, 5) is 0. The Morgan fingerprint density at radius 1 is 1.00 bits per heavy atom. The predicted octanol–water partition coefficient (Wildman–Crippen LogP) is -1.11. The van der Waals surface area contributed by atoms with Gasteiger partial charge in [0, 0.05) is 26.2 Å². The van der Waals surface area contributed by atoms with Crippen LogP contribution in [0.15, 0.2) is 0 Å². The lowest BCUT2D eigenvalue weighted by molar-refractivity contribution is 0.274. The van der Waals surface area contributed by atoms with Crippen LogP contribution < -0.4 is 5.32 Å². The van der Waals surface area contributed by atoms with E-state index in [-0.39, 0.29) is 31.9 Å². The van der Waals surface area contributed by atoms with Crippen LogP contribution in [0.4, 0.5) is 0 Å². The van der Waals surface area contributed by atoms with Gasteiger partial charge in [0.1, 0.15) is 0 Å². The number of nitrogens with one attached hydrogen (secondary N) is 1. The largest absolute Gasteiger partial charge is 0.317 e. The van der Waals surface area contributed by atoms with Gasteiger partial charge in [-0.3, -0.25) is 0 Å². The van der Waals surface area contributed by atoms with E-state index in [1.165, 1.54) is 8.61 Å².